The molecule has 1 aromatic heterocycles. The first-order valence-corrected chi connectivity index (χ1v) is 10.2. The zero-order valence-electron chi connectivity index (χ0n) is 17.3. The molecule has 0 spiro atoms. The molecule has 2 aromatic rings. The maximum absolute atomic E-state index is 11.3. The Hall–Kier alpha value is -2.05. The monoisotopic (exact) mass is 385 g/mol. The molecular formula is C22H31N3O3. The zero-order valence-corrected chi connectivity index (χ0v) is 17.3. The minimum atomic E-state index is -0.826. The molecule has 28 heavy (non-hydrogen) atoms. The molecule has 2 aliphatic heterocycles. The Morgan fingerprint density at radius 2 is 1.93 bits per heavy atom. The van der Waals surface area contributed by atoms with Crippen molar-refractivity contribution in [2.75, 3.05) is 7.11 Å². The van der Waals surface area contributed by atoms with E-state index in [1.807, 2.05) is 37.7 Å². The van der Waals surface area contributed by atoms with Crippen molar-refractivity contribution in [1.29, 1.82) is 0 Å². The van der Waals surface area contributed by atoms with Gasteiger partial charge < -0.3 is 19.1 Å². The van der Waals surface area contributed by atoms with Gasteiger partial charge in [0.05, 0.1) is 13.2 Å². The van der Waals surface area contributed by atoms with E-state index in [0.29, 0.717) is 12.1 Å². The Bertz CT molecular complexity index is 818. The summed E-state index contributed by atoms with van der Waals surface area (Å²) < 4.78 is 13.3. The van der Waals surface area contributed by atoms with Gasteiger partial charge in [-0.3, -0.25) is 4.90 Å². The molecule has 0 radical (unpaired) electrons. The number of aryl methyl sites for hydroxylation is 1. The summed E-state index contributed by atoms with van der Waals surface area (Å²) in [6.07, 6.45) is 7.52. The van der Waals surface area contributed by atoms with Crippen LogP contribution >= 0.6 is 0 Å². The first-order chi connectivity index (χ1) is 13.4. The van der Waals surface area contributed by atoms with Gasteiger partial charge in [-0.2, -0.15) is 0 Å². The van der Waals surface area contributed by atoms with Crippen molar-refractivity contribution in [2.45, 2.75) is 69.9 Å². The maximum atomic E-state index is 11.3. The van der Waals surface area contributed by atoms with Crippen LogP contribution in [0.3, 0.4) is 0 Å². The molecule has 2 aliphatic rings. The predicted octanol–water partition coefficient (Wildman–Crippen LogP) is 3.23. The van der Waals surface area contributed by atoms with Gasteiger partial charge in [-0.1, -0.05) is 6.07 Å². The Morgan fingerprint density at radius 1 is 1.21 bits per heavy atom. The summed E-state index contributed by atoms with van der Waals surface area (Å²) in [7, 11) is 3.64. The van der Waals surface area contributed by atoms with Gasteiger partial charge in [0.25, 0.3) is 0 Å². The first-order valence-electron chi connectivity index (χ1n) is 10.2. The van der Waals surface area contributed by atoms with Crippen molar-refractivity contribution in [3.63, 3.8) is 0 Å². The molecule has 6 nitrogen and oxygen atoms in total. The van der Waals surface area contributed by atoms with Crippen LogP contribution in [0.15, 0.2) is 30.6 Å². The van der Waals surface area contributed by atoms with Crippen LogP contribution in [0.1, 0.15) is 50.9 Å². The van der Waals surface area contributed by atoms with E-state index in [0.717, 1.165) is 49.6 Å². The second-order valence-electron chi connectivity index (χ2n) is 8.51. The highest BCUT2D eigenvalue weighted by Gasteiger charge is 2.49. The summed E-state index contributed by atoms with van der Waals surface area (Å²) in [5, 5.41) is 11.3. The Labute approximate surface area is 167 Å². The number of rotatable bonds is 6. The summed E-state index contributed by atoms with van der Waals surface area (Å²) in [6.45, 7) is 4.90. The Morgan fingerprint density at radius 3 is 2.50 bits per heavy atom. The van der Waals surface area contributed by atoms with Gasteiger partial charge in [0, 0.05) is 38.1 Å². The smallest absolute Gasteiger partial charge is 0.161 e. The van der Waals surface area contributed by atoms with E-state index < -0.39 is 5.60 Å². The van der Waals surface area contributed by atoms with Gasteiger partial charge in [0.15, 0.2) is 11.5 Å². The van der Waals surface area contributed by atoms with Crippen LogP contribution in [0.2, 0.25) is 0 Å². The average molecular weight is 386 g/mol. The molecule has 2 bridgehead atoms. The molecule has 4 rings (SSSR count). The highest BCUT2D eigenvalue weighted by molar-refractivity contribution is 5.43. The number of ether oxygens (including phenoxy) is 2. The molecule has 3 heterocycles. The van der Waals surface area contributed by atoms with Crippen LogP contribution in [0, 0.1) is 0 Å². The third-order valence-electron chi connectivity index (χ3n) is 6.11. The number of aromatic nitrogens is 2. The van der Waals surface area contributed by atoms with E-state index in [4.69, 9.17) is 9.47 Å². The number of aliphatic hydroxyl groups is 1. The minimum Gasteiger partial charge on any atom is -0.493 e. The van der Waals surface area contributed by atoms with Crippen molar-refractivity contribution in [3.05, 3.63) is 42.0 Å². The maximum Gasteiger partial charge on any atom is 0.161 e. The van der Waals surface area contributed by atoms with Crippen LogP contribution < -0.4 is 9.47 Å². The lowest BCUT2D eigenvalue weighted by molar-refractivity contribution is -0.0669. The average Bonchev–Trinajstić information content (AvgIpc) is 3.18. The Balaban J connectivity index is 1.51. The SMILES string of the molecule is COc1cc(CN2[C@H]3CC[C@H]2CC(O)(c2nccn2C)C3)ccc1OC(C)C. The zero-order chi connectivity index (χ0) is 19.9. The summed E-state index contributed by atoms with van der Waals surface area (Å²) in [6, 6.07) is 6.95. The van der Waals surface area contributed by atoms with Crippen LogP contribution in [0.4, 0.5) is 0 Å². The number of imidazole rings is 1. The molecule has 6 heteroatoms. The minimum absolute atomic E-state index is 0.112. The standard InChI is InChI=1S/C22H31N3O3/c1-15(2)28-19-8-5-16(11-20(19)27-4)14-25-17-6-7-18(25)13-22(26,12-17)21-23-9-10-24(21)3/h5,8-11,15,17-18,26H,6-7,12-14H2,1-4H3/t17-,18-/m0/s1. The molecular weight excluding hydrogens is 354 g/mol. The fraction of sp³-hybridized carbons (Fsp3) is 0.591. The van der Waals surface area contributed by atoms with E-state index in [-0.39, 0.29) is 6.10 Å². The van der Waals surface area contributed by atoms with Crippen molar-refractivity contribution < 1.29 is 14.6 Å². The van der Waals surface area contributed by atoms with Crippen molar-refractivity contribution in [1.82, 2.24) is 14.5 Å². The quantitative estimate of drug-likeness (QED) is 0.827. The van der Waals surface area contributed by atoms with Crippen molar-refractivity contribution >= 4 is 0 Å². The predicted molar refractivity (Wildman–Crippen MR) is 107 cm³/mol. The van der Waals surface area contributed by atoms with Gasteiger partial charge >= 0.3 is 0 Å². The second-order valence-corrected chi connectivity index (χ2v) is 8.51. The van der Waals surface area contributed by atoms with Crippen molar-refractivity contribution in [3.8, 4) is 11.5 Å². The summed E-state index contributed by atoms with van der Waals surface area (Å²) in [5.41, 5.74) is 0.389. The second kappa shape index (κ2) is 7.41. The number of piperidine rings is 1. The summed E-state index contributed by atoms with van der Waals surface area (Å²) in [5.74, 6) is 2.35. The third kappa shape index (κ3) is 3.51. The molecule has 1 N–H and O–H groups in total. The van der Waals surface area contributed by atoms with Crippen LogP contribution in [-0.2, 0) is 19.2 Å². The van der Waals surface area contributed by atoms with Crippen LogP contribution in [-0.4, -0.2) is 44.9 Å². The molecule has 2 saturated heterocycles. The van der Waals surface area contributed by atoms with Gasteiger partial charge in [-0.25, -0.2) is 4.98 Å². The highest BCUT2D eigenvalue weighted by atomic mass is 16.5. The number of benzene rings is 1. The van der Waals surface area contributed by atoms with E-state index in [9.17, 15) is 5.11 Å². The molecule has 2 atom stereocenters. The number of methoxy groups -OCH3 is 1. The largest absolute Gasteiger partial charge is 0.493 e. The lowest BCUT2D eigenvalue weighted by Gasteiger charge is -2.43. The topological polar surface area (TPSA) is 59.8 Å². The molecule has 2 fully saturated rings. The molecule has 0 saturated carbocycles. The molecule has 0 aliphatic carbocycles. The van der Waals surface area contributed by atoms with E-state index in [1.54, 1.807) is 13.3 Å². The van der Waals surface area contributed by atoms with Gasteiger partial charge in [-0.05, 0) is 57.2 Å². The fourth-order valence-corrected chi connectivity index (χ4v) is 4.94. The molecule has 1 aromatic carbocycles. The number of hydrogen-bond donors (Lipinski definition) is 1. The lowest BCUT2D eigenvalue weighted by atomic mass is 9.85. The Kier molecular flexibility index (Phi) is 5.10. The fourth-order valence-electron chi connectivity index (χ4n) is 4.94. The molecule has 0 unspecified atom stereocenters. The molecule has 0 amide bonds. The van der Waals surface area contributed by atoms with E-state index in [2.05, 4.69) is 22.0 Å². The first kappa shape index (κ1) is 19.3. The van der Waals surface area contributed by atoms with E-state index >= 15 is 0 Å². The van der Waals surface area contributed by atoms with Gasteiger partial charge in [0.1, 0.15) is 11.4 Å². The van der Waals surface area contributed by atoms with Gasteiger partial charge in [0.2, 0.25) is 0 Å². The number of nitrogens with zero attached hydrogens (tertiary/aromatic N) is 3. The number of fused-ring (bicyclic) bond motifs is 2. The highest BCUT2D eigenvalue weighted by Crippen LogP contribution is 2.46. The normalized spacial score (nSPS) is 27.4. The third-order valence-corrected chi connectivity index (χ3v) is 6.11. The van der Waals surface area contributed by atoms with Crippen LogP contribution in [0.25, 0.3) is 0 Å². The van der Waals surface area contributed by atoms with Crippen molar-refractivity contribution in [2.24, 2.45) is 7.05 Å². The number of hydrogen-bond acceptors (Lipinski definition) is 5. The van der Waals surface area contributed by atoms with E-state index in [1.165, 1.54) is 5.56 Å². The van der Waals surface area contributed by atoms with Gasteiger partial charge in [-0.15, -0.1) is 0 Å². The summed E-state index contributed by atoms with van der Waals surface area (Å²) in [4.78, 5) is 6.99. The summed E-state index contributed by atoms with van der Waals surface area (Å²) >= 11 is 0. The molecule has 152 valence electrons. The lowest BCUT2D eigenvalue weighted by Crippen LogP contribution is -2.50. The van der Waals surface area contributed by atoms with Crippen LogP contribution in [0.5, 0.6) is 11.5 Å².